The van der Waals surface area contributed by atoms with Crippen LogP contribution in [-0.4, -0.2) is 26.6 Å². The first kappa shape index (κ1) is 4.69. The fourth-order valence-corrected chi connectivity index (χ4v) is 0.279. The van der Waals surface area contributed by atoms with Gasteiger partial charge < -0.3 is 0 Å². The third-order valence-corrected chi connectivity index (χ3v) is 0.542. The number of aromatic amines is 1. The van der Waals surface area contributed by atoms with E-state index in [4.69, 9.17) is 0 Å². The molecule has 0 aromatic carbocycles. The second-order valence-electron chi connectivity index (χ2n) is 1.06. The summed E-state index contributed by atoms with van der Waals surface area (Å²) in [5, 5.41) is 8.02. The van der Waals surface area contributed by atoms with Crippen molar-refractivity contribution >= 4 is 6.41 Å². The van der Waals surface area contributed by atoms with Crippen LogP contribution in [-0.2, 0) is 4.79 Å². The van der Waals surface area contributed by atoms with E-state index in [1.165, 1.54) is 0 Å². The highest BCUT2D eigenvalue weighted by Gasteiger charge is 1.87. The maximum atomic E-state index is 10.0. The van der Waals surface area contributed by atoms with Crippen LogP contribution < -0.4 is 5.69 Å². The normalized spacial score (nSPS) is 9.00. The molecular weight excluding hydrogens is 112 g/mol. The number of rotatable bonds is 1. The first-order valence-corrected chi connectivity index (χ1v) is 1.80. The van der Waals surface area contributed by atoms with Gasteiger partial charge in [0.25, 0.3) is 6.41 Å². The number of carbonyl (C=O) groups excluding carboxylic acids is 1. The van der Waals surface area contributed by atoms with E-state index in [0.717, 1.165) is 0 Å². The SMILES string of the molecule is O=Cn1nnc(=O)[nH]1. The van der Waals surface area contributed by atoms with Crippen LogP contribution in [0.5, 0.6) is 0 Å². The van der Waals surface area contributed by atoms with Crippen LogP contribution in [0.3, 0.4) is 0 Å². The van der Waals surface area contributed by atoms with E-state index in [1.54, 1.807) is 0 Å². The van der Waals surface area contributed by atoms with Crippen LogP contribution in [0, 0.1) is 0 Å². The number of aromatic nitrogens is 4. The van der Waals surface area contributed by atoms with Crippen LogP contribution in [0.25, 0.3) is 0 Å². The summed E-state index contributed by atoms with van der Waals surface area (Å²) in [6.45, 7) is 0. The number of nitrogens with zero attached hydrogens (tertiary/aromatic N) is 3. The van der Waals surface area contributed by atoms with Crippen molar-refractivity contribution in [1.82, 2.24) is 20.2 Å². The minimum atomic E-state index is -0.628. The molecule has 0 atom stereocenters. The van der Waals surface area contributed by atoms with E-state index >= 15 is 0 Å². The van der Waals surface area contributed by atoms with Crippen LogP contribution in [0.1, 0.15) is 0 Å². The van der Waals surface area contributed by atoms with Crippen molar-refractivity contribution in [2.24, 2.45) is 0 Å². The van der Waals surface area contributed by atoms with Gasteiger partial charge in [0, 0.05) is 0 Å². The molecule has 0 radical (unpaired) electrons. The summed E-state index contributed by atoms with van der Waals surface area (Å²) in [4.78, 5) is 20.4. The van der Waals surface area contributed by atoms with Gasteiger partial charge in [-0.3, -0.25) is 4.79 Å². The molecule has 0 bridgehead atoms. The van der Waals surface area contributed by atoms with Gasteiger partial charge in [-0.2, -0.15) is 0 Å². The van der Waals surface area contributed by atoms with Gasteiger partial charge in [0.05, 0.1) is 0 Å². The van der Waals surface area contributed by atoms with Crippen molar-refractivity contribution < 1.29 is 4.79 Å². The summed E-state index contributed by atoms with van der Waals surface area (Å²) < 4.78 is 0. The predicted molar refractivity (Wildman–Crippen MR) is 22.8 cm³/mol. The molecule has 1 rings (SSSR count). The van der Waals surface area contributed by atoms with E-state index in [1.807, 2.05) is 5.10 Å². The molecule has 1 aromatic rings. The molecule has 0 aliphatic rings. The van der Waals surface area contributed by atoms with Gasteiger partial charge in [-0.05, 0) is 5.21 Å². The lowest BCUT2D eigenvalue weighted by Crippen LogP contribution is -2.05. The van der Waals surface area contributed by atoms with Crippen LogP contribution in [0.2, 0.25) is 0 Å². The second kappa shape index (κ2) is 1.57. The van der Waals surface area contributed by atoms with Gasteiger partial charge in [0.15, 0.2) is 0 Å². The van der Waals surface area contributed by atoms with Crippen molar-refractivity contribution in [3.63, 3.8) is 0 Å². The molecule has 0 aliphatic heterocycles. The quantitative estimate of drug-likeness (QED) is 0.428. The number of nitrogens with one attached hydrogen (secondary N) is 1. The van der Waals surface area contributed by atoms with Crippen molar-refractivity contribution in [3.05, 3.63) is 10.5 Å². The zero-order valence-corrected chi connectivity index (χ0v) is 3.74. The number of tetrazole rings is 1. The largest absolute Gasteiger partial charge is 0.381 e. The average molecular weight is 114 g/mol. The molecular formula is C2H2N4O2. The van der Waals surface area contributed by atoms with Crippen molar-refractivity contribution in [2.45, 2.75) is 0 Å². The summed E-state index contributed by atoms with van der Waals surface area (Å²) >= 11 is 0. The zero-order chi connectivity index (χ0) is 5.98. The molecule has 0 saturated carbocycles. The molecule has 0 unspecified atom stereocenters. The summed E-state index contributed by atoms with van der Waals surface area (Å²) in [5.74, 6) is 0. The molecule has 0 amide bonds. The molecule has 42 valence electrons. The van der Waals surface area contributed by atoms with Gasteiger partial charge in [-0.1, -0.05) is 5.10 Å². The Morgan fingerprint density at radius 2 is 2.50 bits per heavy atom. The molecule has 6 heteroatoms. The smallest absolute Gasteiger partial charge is 0.275 e. The highest BCUT2D eigenvalue weighted by Crippen LogP contribution is 1.49. The Kier molecular flexibility index (Phi) is 0.918. The van der Waals surface area contributed by atoms with E-state index in [-0.39, 0.29) is 0 Å². The Bertz CT molecular complexity index is 234. The molecule has 0 saturated heterocycles. The maximum Gasteiger partial charge on any atom is 0.381 e. The fraction of sp³-hybridized carbons (Fsp3) is 0. The van der Waals surface area contributed by atoms with Crippen molar-refractivity contribution in [3.8, 4) is 0 Å². The molecule has 1 heterocycles. The Labute approximate surface area is 43.1 Å². The maximum absolute atomic E-state index is 10.0. The minimum absolute atomic E-state index is 0.342. The van der Waals surface area contributed by atoms with Gasteiger partial charge in [-0.15, -0.1) is 4.80 Å². The molecule has 0 fully saturated rings. The van der Waals surface area contributed by atoms with Gasteiger partial charge >= 0.3 is 5.69 Å². The number of carbonyl (C=O) groups is 1. The van der Waals surface area contributed by atoms with E-state index < -0.39 is 5.69 Å². The molecule has 8 heavy (non-hydrogen) atoms. The highest BCUT2D eigenvalue weighted by atomic mass is 16.2. The van der Waals surface area contributed by atoms with Crippen LogP contribution >= 0.6 is 0 Å². The second-order valence-corrected chi connectivity index (χ2v) is 1.06. The van der Waals surface area contributed by atoms with Gasteiger partial charge in [-0.25, -0.2) is 9.89 Å². The molecule has 0 aliphatic carbocycles. The van der Waals surface area contributed by atoms with Crippen LogP contribution in [0.15, 0.2) is 4.79 Å². The fourth-order valence-electron chi connectivity index (χ4n) is 0.279. The van der Waals surface area contributed by atoms with E-state index in [2.05, 4.69) is 10.3 Å². The third kappa shape index (κ3) is 0.625. The van der Waals surface area contributed by atoms with Crippen molar-refractivity contribution in [1.29, 1.82) is 0 Å². The van der Waals surface area contributed by atoms with Crippen LogP contribution in [0.4, 0.5) is 0 Å². The summed E-state index contributed by atoms with van der Waals surface area (Å²) in [5.41, 5.74) is -0.628. The molecule has 0 spiro atoms. The van der Waals surface area contributed by atoms with E-state index in [0.29, 0.717) is 11.2 Å². The molecule has 1 aromatic heterocycles. The Morgan fingerprint density at radius 1 is 1.75 bits per heavy atom. The van der Waals surface area contributed by atoms with E-state index in [9.17, 15) is 9.59 Å². The number of hydrogen-bond donors (Lipinski definition) is 1. The summed E-state index contributed by atoms with van der Waals surface area (Å²) in [7, 11) is 0. The highest BCUT2D eigenvalue weighted by molar-refractivity contribution is 5.47. The van der Waals surface area contributed by atoms with Crippen molar-refractivity contribution in [2.75, 3.05) is 0 Å². The monoisotopic (exact) mass is 114 g/mol. The third-order valence-electron chi connectivity index (χ3n) is 0.542. The standard InChI is InChI=1S/C2H2N4O2/c7-1-6-4-2(8)3-5-6/h1H,(H,4,8). The summed E-state index contributed by atoms with van der Waals surface area (Å²) in [6, 6.07) is 0. The lowest BCUT2D eigenvalue weighted by Gasteiger charge is -1.73. The molecule has 6 nitrogen and oxygen atoms in total. The topological polar surface area (TPSA) is 80.6 Å². The zero-order valence-electron chi connectivity index (χ0n) is 3.74. The van der Waals surface area contributed by atoms with Gasteiger partial charge in [0.1, 0.15) is 0 Å². The first-order chi connectivity index (χ1) is 3.83. The Morgan fingerprint density at radius 3 is 2.75 bits per heavy atom. The Balaban J connectivity index is 3.18. The number of hydrogen-bond acceptors (Lipinski definition) is 4. The first-order valence-electron chi connectivity index (χ1n) is 1.80. The lowest BCUT2D eigenvalue weighted by molar-refractivity contribution is 0.527. The summed E-state index contributed by atoms with van der Waals surface area (Å²) in [6.07, 6.45) is 0.342. The molecule has 1 N–H and O–H groups in total. The Hall–Kier alpha value is -1.46. The number of H-pyrrole nitrogens is 1. The van der Waals surface area contributed by atoms with Gasteiger partial charge in [0.2, 0.25) is 0 Å². The average Bonchev–Trinajstić information content (AvgIpc) is 2.14. The minimum Gasteiger partial charge on any atom is -0.275 e. The predicted octanol–water partition coefficient (Wildman–Crippen LogP) is -2.00. The lowest BCUT2D eigenvalue weighted by atomic mass is 11.3.